The van der Waals surface area contributed by atoms with Crippen LogP contribution in [0, 0.1) is 0 Å². The van der Waals surface area contributed by atoms with Crippen LogP contribution in [-0.2, 0) is 11.1 Å². The van der Waals surface area contributed by atoms with Gasteiger partial charge in [-0.1, -0.05) is 30.3 Å². The molecule has 5 heteroatoms. The predicted molar refractivity (Wildman–Crippen MR) is 82.4 cm³/mol. The third-order valence-corrected chi connectivity index (χ3v) is 6.16. The molecule has 0 N–H and O–H groups in total. The standard InChI is InChI=1S/C16H18NO3P/c1-19-15-9-7-14(8-10-15)13-17-11-12-20-21(17,18)16-5-3-2-4-6-16/h2-10H,11-13H2,1H3. The Balaban J connectivity index is 1.80. The zero-order valence-electron chi connectivity index (χ0n) is 11.9. The summed E-state index contributed by atoms with van der Waals surface area (Å²) in [5.74, 6) is 0.822. The van der Waals surface area contributed by atoms with Crippen LogP contribution in [-0.4, -0.2) is 24.9 Å². The van der Waals surface area contributed by atoms with Crippen molar-refractivity contribution in [3.63, 3.8) is 0 Å². The number of nitrogens with zero attached hydrogens (tertiary/aromatic N) is 1. The summed E-state index contributed by atoms with van der Waals surface area (Å²) in [6.07, 6.45) is 0. The minimum absolute atomic E-state index is 0.502. The summed E-state index contributed by atoms with van der Waals surface area (Å²) in [6.45, 7) is 1.79. The zero-order chi connectivity index (χ0) is 14.7. The molecule has 2 aromatic carbocycles. The van der Waals surface area contributed by atoms with E-state index in [1.807, 2.05) is 59.3 Å². The average molecular weight is 303 g/mol. The molecule has 110 valence electrons. The molecule has 1 heterocycles. The molecule has 0 saturated carbocycles. The molecular formula is C16H18NO3P. The fourth-order valence-corrected chi connectivity index (χ4v) is 4.66. The lowest BCUT2D eigenvalue weighted by Crippen LogP contribution is -2.33. The van der Waals surface area contributed by atoms with Crippen molar-refractivity contribution >= 4 is 13.2 Å². The quantitative estimate of drug-likeness (QED) is 0.810. The van der Waals surface area contributed by atoms with E-state index in [-0.39, 0.29) is 0 Å². The largest absolute Gasteiger partial charge is 0.637 e. The van der Waals surface area contributed by atoms with Crippen molar-refractivity contribution in [3.05, 3.63) is 60.2 Å². The Labute approximate surface area is 125 Å². The second-order valence-corrected chi connectivity index (χ2v) is 7.31. The van der Waals surface area contributed by atoms with Gasteiger partial charge in [0.2, 0.25) is 7.87 Å². The highest BCUT2D eigenvalue weighted by molar-refractivity contribution is 7.69. The predicted octanol–water partition coefficient (Wildman–Crippen LogP) is 1.98. The lowest BCUT2D eigenvalue weighted by Gasteiger charge is -2.31. The van der Waals surface area contributed by atoms with E-state index in [1.54, 1.807) is 7.11 Å². The summed E-state index contributed by atoms with van der Waals surface area (Å²) in [4.78, 5) is 13.2. The van der Waals surface area contributed by atoms with E-state index in [4.69, 9.17) is 9.26 Å². The van der Waals surface area contributed by atoms with Crippen molar-refractivity contribution in [3.8, 4) is 5.75 Å². The molecule has 1 aliphatic rings. The topological polar surface area (TPSA) is 44.8 Å². The summed E-state index contributed by atoms with van der Waals surface area (Å²) in [5.41, 5.74) is 1.09. The number of rotatable bonds is 4. The summed E-state index contributed by atoms with van der Waals surface area (Å²) in [7, 11) is -1.27. The molecule has 0 aliphatic carbocycles. The van der Waals surface area contributed by atoms with Gasteiger partial charge in [0.25, 0.3) is 0 Å². The second-order valence-electron chi connectivity index (χ2n) is 4.93. The summed E-state index contributed by atoms with van der Waals surface area (Å²) < 4.78 is 12.7. The fourth-order valence-electron chi connectivity index (χ4n) is 2.45. The van der Waals surface area contributed by atoms with Crippen molar-refractivity contribution in [2.75, 3.05) is 20.3 Å². The van der Waals surface area contributed by atoms with Crippen LogP contribution in [0.15, 0.2) is 54.6 Å². The van der Waals surface area contributed by atoms with Gasteiger partial charge in [-0.2, -0.15) is 0 Å². The maximum atomic E-state index is 13.2. The maximum Gasteiger partial charge on any atom is 0.208 e. The van der Waals surface area contributed by atoms with Crippen molar-refractivity contribution < 1.29 is 14.2 Å². The highest BCUT2D eigenvalue weighted by atomic mass is 31.2. The van der Waals surface area contributed by atoms with Crippen LogP contribution in [0.25, 0.3) is 0 Å². The molecule has 0 aromatic heterocycles. The highest BCUT2D eigenvalue weighted by Gasteiger charge is 2.44. The molecule has 0 spiro atoms. The first-order valence-electron chi connectivity index (χ1n) is 6.91. The molecular weight excluding hydrogens is 285 g/mol. The Hall–Kier alpha value is -1.45. The van der Waals surface area contributed by atoms with Gasteiger partial charge in [0.05, 0.1) is 20.2 Å². The van der Waals surface area contributed by atoms with Crippen molar-refractivity contribution in [1.82, 2.24) is 4.67 Å². The van der Waals surface area contributed by atoms with E-state index in [1.165, 1.54) is 0 Å². The van der Waals surface area contributed by atoms with Gasteiger partial charge >= 0.3 is 0 Å². The van der Waals surface area contributed by atoms with Crippen molar-refractivity contribution in [2.24, 2.45) is 0 Å². The molecule has 1 saturated heterocycles. The van der Waals surface area contributed by atoms with Crippen LogP contribution >= 0.6 is 7.87 Å². The summed E-state index contributed by atoms with van der Waals surface area (Å²) in [6, 6.07) is 17.3. The molecule has 2 aromatic rings. The molecule has 0 bridgehead atoms. The first kappa shape index (κ1) is 14.5. The van der Waals surface area contributed by atoms with Crippen LogP contribution in [0.3, 0.4) is 0 Å². The smallest absolute Gasteiger partial charge is 0.208 e. The van der Waals surface area contributed by atoms with Gasteiger partial charge in [-0.25, -0.2) is 4.52 Å². The average Bonchev–Trinajstić information content (AvgIpc) is 2.91. The molecule has 0 radical (unpaired) electrons. The van der Waals surface area contributed by atoms with Crippen molar-refractivity contribution in [1.29, 1.82) is 0 Å². The summed E-state index contributed by atoms with van der Waals surface area (Å²) >= 11 is 0. The Morgan fingerprint density at radius 1 is 1.14 bits per heavy atom. The van der Waals surface area contributed by atoms with Crippen LogP contribution in [0.2, 0.25) is 0 Å². The Bertz CT molecular complexity index is 590. The minimum Gasteiger partial charge on any atom is -0.637 e. The first-order chi connectivity index (χ1) is 10.2. The third kappa shape index (κ3) is 2.94. The number of methoxy groups -OCH3 is 1. The number of hydrogen-bond acceptors (Lipinski definition) is 4. The van der Waals surface area contributed by atoms with E-state index >= 15 is 0 Å². The van der Waals surface area contributed by atoms with E-state index in [2.05, 4.69) is 0 Å². The molecule has 0 amide bonds. The van der Waals surface area contributed by atoms with Gasteiger partial charge in [-0.15, -0.1) is 4.67 Å². The van der Waals surface area contributed by atoms with Crippen molar-refractivity contribution in [2.45, 2.75) is 6.54 Å². The van der Waals surface area contributed by atoms with Crippen LogP contribution in [0.4, 0.5) is 0 Å². The minimum atomic E-state index is -2.91. The molecule has 1 fully saturated rings. The van der Waals surface area contributed by atoms with E-state index in [0.29, 0.717) is 19.7 Å². The van der Waals surface area contributed by atoms with Gasteiger partial charge in [0, 0.05) is 0 Å². The molecule has 4 nitrogen and oxygen atoms in total. The SMILES string of the molecule is COc1ccc(CN2CCO[P+]2([O-])c2ccccc2)cc1. The van der Waals surface area contributed by atoms with Gasteiger partial charge in [0.1, 0.15) is 17.7 Å². The molecule has 21 heavy (non-hydrogen) atoms. The van der Waals surface area contributed by atoms with Crippen LogP contribution in [0.1, 0.15) is 5.56 Å². The van der Waals surface area contributed by atoms with Crippen LogP contribution < -0.4 is 14.9 Å². The zero-order valence-corrected chi connectivity index (χ0v) is 12.8. The molecule has 1 unspecified atom stereocenters. The van der Waals surface area contributed by atoms with Gasteiger partial charge < -0.3 is 9.63 Å². The van der Waals surface area contributed by atoms with Gasteiger partial charge in [-0.3, -0.25) is 0 Å². The lowest BCUT2D eigenvalue weighted by atomic mass is 10.2. The Kier molecular flexibility index (Phi) is 4.22. The number of ether oxygens (including phenoxy) is 1. The monoisotopic (exact) mass is 303 g/mol. The van der Waals surface area contributed by atoms with Gasteiger partial charge in [0.15, 0.2) is 0 Å². The van der Waals surface area contributed by atoms with Crippen LogP contribution in [0.5, 0.6) is 5.75 Å². The third-order valence-electron chi connectivity index (χ3n) is 3.59. The fraction of sp³-hybridized carbons (Fsp3) is 0.250. The normalized spacial score (nSPS) is 22.4. The Morgan fingerprint density at radius 2 is 1.86 bits per heavy atom. The van der Waals surface area contributed by atoms with E-state index in [9.17, 15) is 4.89 Å². The lowest BCUT2D eigenvalue weighted by molar-refractivity contribution is -0.194. The summed E-state index contributed by atoms with van der Waals surface area (Å²) in [5, 5.41) is 0.760. The van der Waals surface area contributed by atoms with E-state index in [0.717, 1.165) is 16.6 Å². The Morgan fingerprint density at radius 3 is 2.52 bits per heavy atom. The molecule has 1 atom stereocenters. The number of hydrogen-bond donors (Lipinski definition) is 0. The highest BCUT2D eigenvalue weighted by Crippen LogP contribution is 2.57. The number of benzene rings is 2. The first-order valence-corrected chi connectivity index (χ1v) is 8.49. The molecule has 3 rings (SSSR count). The van der Waals surface area contributed by atoms with Gasteiger partial charge in [-0.05, 0) is 29.8 Å². The van der Waals surface area contributed by atoms with E-state index < -0.39 is 7.87 Å². The molecule has 1 aliphatic heterocycles. The maximum absolute atomic E-state index is 13.2. The second kappa shape index (κ2) is 6.12.